The van der Waals surface area contributed by atoms with Gasteiger partial charge in [0.15, 0.2) is 5.69 Å². The monoisotopic (exact) mass is 387 g/mol. The number of carbonyl (C=O) groups is 3. The molecule has 2 fully saturated rings. The standard InChI is InChI=1S/C20H29N5O3/c1-15(26)22-8-5-16(6-9-22)19(27)23-10-12-24(13-11-23)20(28)18-14-17-4-2-3-7-25(17)21-18/h14,16H,2-13H2,1H3. The van der Waals surface area contributed by atoms with Crippen LogP contribution in [0, 0.1) is 5.92 Å². The van der Waals surface area contributed by atoms with Gasteiger partial charge in [-0.15, -0.1) is 0 Å². The van der Waals surface area contributed by atoms with E-state index in [-0.39, 0.29) is 23.6 Å². The number of fused-ring (bicyclic) bond motifs is 1. The van der Waals surface area contributed by atoms with Crippen molar-refractivity contribution >= 4 is 17.7 Å². The number of rotatable bonds is 2. The van der Waals surface area contributed by atoms with E-state index in [0.29, 0.717) is 45.0 Å². The van der Waals surface area contributed by atoms with Crippen LogP contribution in [0.2, 0.25) is 0 Å². The lowest BCUT2D eigenvalue weighted by Gasteiger charge is -2.38. The zero-order valence-electron chi connectivity index (χ0n) is 16.6. The van der Waals surface area contributed by atoms with E-state index >= 15 is 0 Å². The molecule has 8 heteroatoms. The average Bonchev–Trinajstić information content (AvgIpc) is 3.17. The van der Waals surface area contributed by atoms with Gasteiger partial charge in [0, 0.05) is 64.3 Å². The Balaban J connectivity index is 1.29. The van der Waals surface area contributed by atoms with Gasteiger partial charge in [0.1, 0.15) is 0 Å². The zero-order valence-corrected chi connectivity index (χ0v) is 16.6. The molecule has 0 aromatic carbocycles. The summed E-state index contributed by atoms with van der Waals surface area (Å²) in [5, 5.41) is 4.49. The molecule has 0 N–H and O–H groups in total. The molecule has 0 spiro atoms. The van der Waals surface area contributed by atoms with E-state index in [1.165, 1.54) is 0 Å². The number of likely N-dealkylation sites (tertiary alicyclic amines) is 1. The third kappa shape index (κ3) is 3.77. The fraction of sp³-hybridized carbons (Fsp3) is 0.700. The normalized spacial score (nSPS) is 20.8. The number of amides is 3. The first-order valence-corrected chi connectivity index (χ1v) is 10.4. The van der Waals surface area contributed by atoms with Crippen LogP contribution in [0.1, 0.15) is 48.8 Å². The molecular weight excluding hydrogens is 358 g/mol. The van der Waals surface area contributed by atoms with E-state index in [2.05, 4.69) is 5.10 Å². The third-order valence-electron chi connectivity index (χ3n) is 6.30. The first-order valence-electron chi connectivity index (χ1n) is 10.4. The predicted octanol–water partition coefficient (Wildman–Crippen LogP) is 0.762. The summed E-state index contributed by atoms with van der Waals surface area (Å²) in [4.78, 5) is 42.6. The molecule has 3 aliphatic heterocycles. The molecule has 0 radical (unpaired) electrons. The van der Waals surface area contributed by atoms with Crippen LogP contribution in [0.4, 0.5) is 0 Å². The first-order chi connectivity index (χ1) is 13.5. The van der Waals surface area contributed by atoms with Crippen LogP contribution < -0.4 is 0 Å². The van der Waals surface area contributed by atoms with E-state index in [0.717, 1.165) is 44.3 Å². The van der Waals surface area contributed by atoms with Crippen molar-refractivity contribution in [3.63, 3.8) is 0 Å². The smallest absolute Gasteiger partial charge is 0.274 e. The topological polar surface area (TPSA) is 78.8 Å². The summed E-state index contributed by atoms with van der Waals surface area (Å²) in [6.07, 6.45) is 4.74. The highest BCUT2D eigenvalue weighted by molar-refractivity contribution is 5.92. The minimum absolute atomic E-state index is 0.00211. The van der Waals surface area contributed by atoms with Crippen molar-refractivity contribution < 1.29 is 14.4 Å². The molecule has 8 nitrogen and oxygen atoms in total. The van der Waals surface area contributed by atoms with Crippen LogP contribution in [0.5, 0.6) is 0 Å². The van der Waals surface area contributed by atoms with E-state index in [1.807, 2.05) is 25.4 Å². The van der Waals surface area contributed by atoms with Crippen molar-refractivity contribution in [1.82, 2.24) is 24.5 Å². The Morgan fingerprint density at radius 1 is 0.893 bits per heavy atom. The fourth-order valence-corrected chi connectivity index (χ4v) is 4.51. The van der Waals surface area contributed by atoms with Crippen LogP contribution in [0.3, 0.4) is 0 Å². The predicted molar refractivity (Wildman–Crippen MR) is 103 cm³/mol. The lowest BCUT2D eigenvalue weighted by Crippen LogP contribution is -2.53. The molecule has 28 heavy (non-hydrogen) atoms. The molecule has 0 atom stereocenters. The number of piperidine rings is 1. The Kier molecular flexibility index (Phi) is 5.37. The molecule has 1 aromatic heterocycles. The quantitative estimate of drug-likeness (QED) is 0.751. The lowest BCUT2D eigenvalue weighted by molar-refractivity contribution is -0.141. The van der Waals surface area contributed by atoms with Crippen molar-refractivity contribution in [1.29, 1.82) is 0 Å². The van der Waals surface area contributed by atoms with Gasteiger partial charge in [-0.05, 0) is 38.2 Å². The van der Waals surface area contributed by atoms with Crippen molar-refractivity contribution in [3.8, 4) is 0 Å². The Bertz CT molecular complexity index is 734. The van der Waals surface area contributed by atoms with Crippen molar-refractivity contribution in [2.45, 2.75) is 45.6 Å². The van der Waals surface area contributed by atoms with Crippen molar-refractivity contribution in [2.24, 2.45) is 5.92 Å². The van der Waals surface area contributed by atoms with Crippen LogP contribution in [-0.4, -0.2) is 81.5 Å². The summed E-state index contributed by atoms with van der Waals surface area (Å²) in [7, 11) is 0. The van der Waals surface area contributed by atoms with Gasteiger partial charge in [-0.3, -0.25) is 19.1 Å². The van der Waals surface area contributed by atoms with Crippen molar-refractivity contribution in [2.75, 3.05) is 39.3 Å². The van der Waals surface area contributed by atoms with Crippen molar-refractivity contribution in [3.05, 3.63) is 17.5 Å². The highest BCUT2D eigenvalue weighted by Gasteiger charge is 2.32. The summed E-state index contributed by atoms with van der Waals surface area (Å²) in [6.45, 7) is 6.06. The molecule has 0 unspecified atom stereocenters. The number of aromatic nitrogens is 2. The summed E-state index contributed by atoms with van der Waals surface area (Å²) in [6, 6.07) is 1.93. The Hall–Kier alpha value is -2.38. The third-order valence-corrected chi connectivity index (χ3v) is 6.30. The van der Waals surface area contributed by atoms with E-state index < -0.39 is 0 Å². The Labute approximate surface area is 165 Å². The van der Waals surface area contributed by atoms with Gasteiger partial charge in [-0.2, -0.15) is 5.10 Å². The largest absolute Gasteiger partial charge is 0.343 e. The molecule has 152 valence electrons. The number of carbonyl (C=O) groups excluding carboxylic acids is 3. The fourth-order valence-electron chi connectivity index (χ4n) is 4.51. The SMILES string of the molecule is CC(=O)N1CCC(C(=O)N2CCN(C(=O)c3cc4n(n3)CCCC4)CC2)CC1. The summed E-state index contributed by atoms with van der Waals surface area (Å²) in [5.41, 5.74) is 1.69. The molecule has 0 bridgehead atoms. The minimum atomic E-state index is -0.0243. The highest BCUT2D eigenvalue weighted by Crippen LogP contribution is 2.21. The van der Waals surface area contributed by atoms with E-state index in [9.17, 15) is 14.4 Å². The maximum absolute atomic E-state index is 12.8. The lowest BCUT2D eigenvalue weighted by atomic mass is 9.95. The Morgan fingerprint density at radius 2 is 1.57 bits per heavy atom. The summed E-state index contributed by atoms with van der Waals surface area (Å²) < 4.78 is 1.96. The van der Waals surface area contributed by atoms with Gasteiger partial charge in [0.2, 0.25) is 11.8 Å². The van der Waals surface area contributed by atoms with E-state index in [4.69, 9.17) is 0 Å². The molecule has 4 rings (SSSR count). The number of piperazine rings is 1. The molecule has 2 saturated heterocycles. The van der Waals surface area contributed by atoms with Gasteiger partial charge in [0.05, 0.1) is 0 Å². The molecule has 1 aromatic rings. The number of hydrogen-bond acceptors (Lipinski definition) is 4. The maximum atomic E-state index is 12.8. The van der Waals surface area contributed by atoms with Gasteiger partial charge in [0.25, 0.3) is 5.91 Å². The Morgan fingerprint density at radius 3 is 2.21 bits per heavy atom. The first kappa shape index (κ1) is 19.0. The molecule has 3 amide bonds. The number of hydrogen-bond donors (Lipinski definition) is 0. The number of nitrogens with zero attached hydrogens (tertiary/aromatic N) is 5. The molecule has 4 heterocycles. The highest BCUT2D eigenvalue weighted by atomic mass is 16.2. The average molecular weight is 387 g/mol. The second kappa shape index (κ2) is 7.93. The molecular formula is C20H29N5O3. The molecule has 3 aliphatic rings. The number of aryl methyl sites for hydroxylation is 2. The van der Waals surface area contributed by atoms with Crippen LogP contribution in [0.15, 0.2) is 6.07 Å². The second-order valence-corrected chi connectivity index (χ2v) is 8.10. The summed E-state index contributed by atoms with van der Waals surface area (Å²) in [5.74, 6) is 0.230. The minimum Gasteiger partial charge on any atom is -0.343 e. The second-order valence-electron chi connectivity index (χ2n) is 8.10. The van der Waals surface area contributed by atoms with Crippen LogP contribution in [0.25, 0.3) is 0 Å². The van der Waals surface area contributed by atoms with Gasteiger partial charge >= 0.3 is 0 Å². The van der Waals surface area contributed by atoms with Gasteiger partial charge in [-0.1, -0.05) is 0 Å². The maximum Gasteiger partial charge on any atom is 0.274 e. The van der Waals surface area contributed by atoms with E-state index in [1.54, 1.807) is 6.92 Å². The molecule has 0 aliphatic carbocycles. The zero-order chi connectivity index (χ0) is 19.7. The van der Waals surface area contributed by atoms with Crippen LogP contribution >= 0.6 is 0 Å². The van der Waals surface area contributed by atoms with Gasteiger partial charge < -0.3 is 14.7 Å². The van der Waals surface area contributed by atoms with Gasteiger partial charge in [-0.25, -0.2) is 0 Å². The van der Waals surface area contributed by atoms with Crippen LogP contribution in [-0.2, 0) is 22.6 Å². The molecule has 0 saturated carbocycles. The summed E-state index contributed by atoms with van der Waals surface area (Å²) >= 11 is 0.